The number of nitrogens with one attached hydrogen (secondary N) is 1. The molecule has 0 rings (SSSR count). The molecule has 0 aromatic carbocycles. The molecular weight excluding hydrogens is 164 g/mol. The average Bonchev–Trinajstić information content (AvgIpc) is 2.17. The summed E-state index contributed by atoms with van der Waals surface area (Å²) in [6.07, 6.45) is 4.48. The Morgan fingerprint density at radius 1 is 1.46 bits per heavy atom. The molecule has 0 radical (unpaired) electrons. The number of hydrazine groups is 1. The zero-order chi connectivity index (χ0) is 10.1. The molecule has 0 fully saturated rings. The lowest BCUT2D eigenvalue weighted by Gasteiger charge is -2.21. The molecule has 0 aromatic heterocycles. The minimum atomic E-state index is -0.0399. The van der Waals surface area contributed by atoms with Crippen molar-refractivity contribution in [2.75, 3.05) is 13.1 Å². The lowest BCUT2D eigenvalue weighted by Crippen LogP contribution is -2.42. The predicted octanol–water partition coefficient (Wildman–Crippen LogP) is 1.72. The van der Waals surface area contributed by atoms with Gasteiger partial charge in [-0.15, -0.1) is 0 Å². The van der Waals surface area contributed by atoms with Crippen LogP contribution in [0.2, 0.25) is 0 Å². The highest BCUT2D eigenvalue weighted by Gasteiger charge is 2.07. The first-order chi connectivity index (χ1) is 6.26. The van der Waals surface area contributed by atoms with Crippen molar-refractivity contribution >= 4 is 5.91 Å². The minimum absolute atomic E-state index is 0.0399. The summed E-state index contributed by atoms with van der Waals surface area (Å²) in [6.45, 7) is 9.25. The third kappa shape index (κ3) is 5.42. The van der Waals surface area contributed by atoms with Crippen LogP contribution in [0.1, 0.15) is 33.1 Å². The van der Waals surface area contributed by atoms with Gasteiger partial charge in [0.15, 0.2) is 0 Å². The first-order valence-corrected chi connectivity index (χ1v) is 4.93. The molecule has 0 heterocycles. The van der Waals surface area contributed by atoms with E-state index in [2.05, 4.69) is 25.9 Å². The molecule has 0 aliphatic carbocycles. The van der Waals surface area contributed by atoms with Gasteiger partial charge in [0.1, 0.15) is 0 Å². The van der Waals surface area contributed by atoms with E-state index in [1.165, 1.54) is 6.08 Å². The third-order valence-electron chi connectivity index (χ3n) is 1.73. The Hall–Kier alpha value is -0.830. The first-order valence-electron chi connectivity index (χ1n) is 4.93. The summed E-state index contributed by atoms with van der Waals surface area (Å²) >= 11 is 0. The van der Waals surface area contributed by atoms with E-state index in [0.717, 1.165) is 32.4 Å². The highest BCUT2D eigenvalue weighted by molar-refractivity contribution is 5.86. The van der Waals surface area contributed by atoms with Crippen molar-refractivity contribution in [2.24, 2.45) is 0 Å². The van der Waals surface area contributed by atoms with Crippen LogP contribution in [0.5, 0.6) is 0 Å². The smallest absolute Gasteiger partial charge is 0.260 e. The number of amides is 1. The lowest BCUT2D eigenvalue weighted by atomic mass is 10.3. The van der Waals surface area contributed by atoms with Crippen molar-refractivity contribution in [3.8, 4) is 0 Å². The Bertz CT molecular complexity index is 149. The summed E-state index contributed by atoms with van der Waals surface area (Å²) in [5, 5.41) is 1.64. The maximum absolute atomic E-state index is 11.3. The molecule has 1 amide bonds. The standard InChI is InChI=1S/C10H20N2O/c1-4-7-9-12(10(13)6-3)11-8-5-2/h6,11H,3-5,7-9H2,1-2H3. The number of rotatable bonds is 7. The van der Waals surface area contributed by atoms with E-state index in [4.69, 9.17) is 0 Å². The van der Waals surface area contributed by atoms with Gasteiger partial charge in [0.05, 0.1) is 0 Å². The van der Waals surface area contributed by atoms with Crippen molar-refractivity contribution < 1.29 is 4.79 Å². The van der Waals surface area contributed by atoms with Gasteiger partial charge in [0.25, 0.3) is 5.91 Å². The van der Waals surface area contributed by atoms with Crippen LogP contribution in [-0.4, -0.2) is 24.0 Å². The molecule has 0 atom stereocenters. The molecule has 76 valence electrons. The first kappa shape index (κ1) is 12.2. The van der Waals surface area contributed by atoms with Crippen LogP contribution < -0.4 is 5.43 Å². The second-order valence-electron chi connectivity index (χ2n) is 2.96. The molecule has 0 aromatic rings. The van der Waals surface area contributed by atoms with Gasteiger partial charge in [-0.2, -0.15) is 0 Å². The second-order valence-corrected chi connectivity index (χ2v) is 2.96. The Morgan fingerprint density at radius 3 is 2.62 bits per heavy atom. The quantitative estimate of drug-likeness (QED) is 0.482. The molecule has 0 spiro atoms. The Balaban J connectivity index is 3.86. The van der Waals surface area contributed by atoms with Crippen molar-refractivity contribution in [3.05, 3.63) is 12.7 Å². The van der Waals surface area contributed by atoms with Crippen LogP contribution in [0.25, 0.3) is 0 Å². The summed E-state index contributed by atoms with van der Waals surface area (Å²) < 4.78 is 0. The van der Waals surface area contributed by atoms with Gasteiger partial charge in [-0.1, -0.05) is 26.8 Å². The van der Waals surface area contributed by atoms with E-state index < -0.39 is 0 Å². The fraction of sp³-hybridized carbons (Fsp3) is 0.700. The fourth-order valence-corrected chi connectivity index (χ4v) is 0.940. The average molecular weight is 184 g/mol. The monoisotopic (exact) mass is 184 g/mol. The number of carbonyl (C=O) groups excluding carboxylic acids is 1. The minimum Gasteiger partial charge on any atom is -0.274 e. The fourth-order valence-electron chi connectivity index (χ4n) is 0.940. The number of nitrogens with zero attached hydrogens (tertiary/aromatic N) is 1. The van der Waals surface area contributed by atoms with Crippen LogP contribution in [0.15, 0.2) is 12.7 Å². The molecule has 0 saturated heterocycles. The van der Waals surface area contributed by atoms with Crippen molar-refractivity contribution in [1.82, 2.24) is 10.4 Å². The maximum atomic E-state index is 11.3. The van der Waals surface area contributed by atoms with E-state index >= 15 is 0 Å². The number of carbonyl (C=O) groups is 1. The summed E-state index contributed by atoms with van der Waals surface area (Å²) in [6, 6.07) is 0. The molecule has 0 unspecified atom stereocenters. The van der Waals surface area contributed by atoms with E-state index in [9.17, 15) is 4.79 Å². The molecule has 0 saturated carbocycles. The van der Waals surface area contributed by atoms with Gasteiger partial charge in [-0.25, -0.2) is 5.43 Å². The van der Waals surface area contributed by atoms with E-state index in [1.807, 2.05) is 0 Å². The topological polar surface area (TPSA) is 32.3 Å². The Kier molecular flexibility index (Phi) is 7.30. The summed E-state index contributed by atoms with van der Waals surface area (Å²) in [5.41, 5.74) is 3.07. The maximum Gasteiger partial charge on any atom is 0.260 e. The summed E-state index contributed by atoms with van der Waals surface area (Å²) in [4.78, 5) is 11.3. The highest BCUT2D eigenvalue weighted by Crippen LogP contribution is 1.93. The van der Waals surface area contributed by atoms with E-state index in [1.54, 1.807) is 5.01 Å². The molecule has 3 heteroatoms. The second kappa shape index (κ2) is 7.80. The Labute approximate surface area is 80.8 Å². The van der Waals surface area contributed by atoms with Crippen LogP contribution in [-0.2, 0) is 4.79 Å². The van der Waals surface area contributed by atoms with Gasteiger partial charge >= 0.3 is 0 Å². The van der Waals surface area contributed by atoms with Gasteiger partial charge in [-0.3, -0.25) is 9.80 Å². The summed E-state index contributed by atoms with van der Waals surface area (Å²) in [7, 11) is 0. The summed E-state index contributed by atoms with van der Waals surface area (Å²) in [5.74, 6) is -0.0399. The number of unbranched alkanes of at least 4 members (excludes halogenated alkanes) is 1. The zero-order valence-corrected chi connectivity index (χ0v) is 8.68. The van der Waals surface area contributed by atoms with Crippen LogP contribution in [0.4, 0.5) is 0 Å². The normalized spacial score (nSPS) is 9.69. The molecule has 0 aliphatic rings. The molecule has 1 N–H and O–H groups in total. The van der Waals surface area contributed by atoms with Gasteiger partial charge in [-0.05, 0) is 18.9 Å². The van der Waals surface area contributed by atoms with Crippen LogP contribution in [0.3, 0.4) is 0 Å². The van der Waals surface area contributed by atoms with Crippen LogP contribution >= 0.6 is 0 Å². The highest BCUT2D eigenvalue weighted by atomic mass is 16.2. The molecule has 13 heavy (non-hydrogen) atoms. The number of hydrogen-bond donors (Lipinski definition) is 1. The van der Waals surface area contributed by atoms with Crippen molar-refractivity contribution in [2.45, 2.75) is 33.1 Å². The predicted molar refractivity (Wildman–Crippen MR) is 55.1 cm³/mol. The molecule has 0 bridgehead atoms. The van der Waals surface area contributed by atoms with Gasteiger partial charge in [0.2, 0.25) is 0 Å². The van der Waals surface area contributed by atoms with Crippen LogP contribution in [0, 0.1) is 0 Å². The SMILES string of the molecule is C=CC(=O)N(CCCC)NCCC. The van der Waals surface area contributed by atoms with E-state index in [0.29, 0.717) is 0 Å². The number of hydrogen-bond acceptors (Lipinski definition) is 2. The largest absolute Gasteiger partial charge is 0.274 e. The van der Waals surface area contributed by atoms with E-state index in [-0.39, 0.29) is 5.91 Å². The van der Waals surface area contributed by atoms with Crippen molar-refractivity contribution in [3.63, 3.8) is 0 Å². The molecule has 3 nitrogen and oxygen atoms in total. The van der Waals surface area contributed by atoms with Gasteiger partial charge < -0.3 is 0 Å². The molecule has 0 aliphatic heterocycles. The third-order valence-corrected chi connectivity index (χ3v) is 1.73. The van der Waals surface area contributed by atoms with Crippen molar-refractivity contribution in [1.29, 1.82) is 0 Å². The lowest BCUT2D eigenvalue weighted by molar-refractivity contribution is -0.129. The molecular formula is C10H20N2O. The zero-order valence-electron chi connectivity index (χ0n) is 8.68. The Morgan fingerprint density at radius 2 is 2.15 bits per heavy atom. The van der Waals surface area contributed by atoms with Gasteiger partial charge in [0, 0.05) is 13.1 Å².